The minimum Gasteiger partial charge on any atom is -0.494 e. The number of hydrogen-bond acceptors (Lipinski definition) is 4. The molecule has 1 saturated carbocycles. The van der Waals surface area contributed by atoms with Gasteiger partial charge in [0.15, 0.2) is 5.78 Å². The van der Waals surface area contributed by atoms with Crippen LogP contribution in [0.2, 0.25) is 0 Å². The third kappa shape index (κ3) is 2.77. The highest BCUT2D eigenvalue weighted by molar-refractivity contribution is 6.07. The molecule has 3 rings (SSSR count). The van der Waals surface area contributed by atoms with E-state index in [1.165, 1.54) is 11.8 Å². The lowest BCUT2D eigenvalue weighted by Gasteiger charge is -2.21. The Hall–Kier alpha value is -2.37. The summed E-state index contributed by atoms with van der Waals surface area (Å²) in [6.45, 7) is 5.70. The van der Waals surface area contributed by atoms with Crippen molar-refractivity contribution in [1.29, 1.82) is 0 Å². The average Bonchev–Trinajstić information content (AvgIpc) is 3.35. The maximum absolute atomic E-state index is 12.7. The van der Waals surface area contributed by atoms with E-state index in [1.54, 1.807) is 25.1 Å². The van der Waals surface area contributed by atoms with E-state index in [4.69, 9.17) is 4.74 Å². The van der Waals surface area contributed by atoms with E-state index < -0.39 is 5.54 Å². The van der Waals surface area contributed by atoms with Crippen molar-refractivity contribution in [1.82, 2.24) is 10.2 Å². The Labute approximate surface area is 141 Å². The normalized spacial score (nSPS) is 23.4. The number of hydrogen-bond donors (Lipinski definition) is 1. The predicted molar refractivity (Wildman–Crippen MR) is 87.8 cm³/mol. The molecule has 6 nitrogen and oxygen atoms in total. The number of rotatable bonds is 6. The van der Waals surface area contributed by atoms with E-state index in [0.717, 1.165) is 12.8 Å². The summed E-state index contributed by atoms with van der Waals surface area (Å²) in [5, 5.41) is 2.83. The molecule has 0 bridgehead atoms. The highest BCUT2D eigenvalue weighted by Gasteiger charge is 2.55. The molecule has 24 heavy (non-hydrogen) atoms. The maximum atomic E-state index is 12.7. The van der Waals surface area contributed by atoms with Gasteiger partial charge in [0.1, 0.15) is 11.3 Å². The van der Waals surface area contributed by atoms with Crippen molar-refractivity contribution in [2.24, 2.45) is 5.92 Å². The Kier molecular flexibility index (Phi) is 4.07. The number of nitrogens with zero attached hydrogens (tertiary/aromatic N) is 1. The van der Waals surface area contributed by atoms with Crippen molar-refractivity contribution in [3.63, 3.8) is 0 Å². The number of carbonyl (C=O) groups excluding carboxylic acids is 3. The number of imide groups is 1. The van der Waals surface area contributed by atoms with Crippen LogP contribution in [-0.4, -0.2) is 34.8 Å². The molecule has 128 valence electrons. The number of amides is 3. The summed E-state index contributed by atoms with van der Waals surface area (Å²) in [6, 6.07) is 4.72. The topological polar surface area (TPSA) is 75.7 Å². The van der Waals surface area contributed by atoms with Crippen LogP contribution in [0.5, 0.6) is 5.75 Å². The van der Waals surface area contributed by atoms with Gasteiger partial charge >= 0.3 is 6.03 Å². The number of urea groups is 1. The Morgan fingerprint density at radius 3 is 2.67 bits per heavy atom. The summed E-state index contributed by atoms with van der Waals surface area (Å²) in [4.78, 5) is 37.9. The lowest BCUT2D eigenvalue weighted by atomic mass is 9.96. The lowest BCUT2D eigenvalue weighted by molar-refractivity contribution is -0.131. The molecule has 1 atom stereocenters. The zero-order chi connectivity index (χ0) is 17.5. The molecule has 1 aromatic rings. The van der Waals surface area contributed by atoms with Crippen LogP contribution in [0, 0.1) is 5.92 Å². The number of Topliss-reactive ketones (excluding diaryl/α,β-unsaturated/α-hetero) is 1. The van der Waals surface area contributed by atoms with Gasteiger partial charge in [-0.15, -0.1) is 0 Å². The monoisotopic (exact) mass is 330 g/mol. The van der Waals surface area contributed by atoms with Crippen LogP contribution in [0.3, 0.4) is 0 Å². The highest BCUT2D eigenvalue weighted by Crippen LogP contribution is 2.43. The van der Waals surface area contributed by atoms with Gasteiger partial charge in [0.05, 0.1) is 13.2 Å². The number of ether oxygens (including phenoxy) is 1. The fourth-order valence-electron chi connectivity index (χ4n) is 3.19. The van der Waals surface area contributed by atoms with Crippen molar-refractivity contribution in [3.8, 4) is 5.75 Å². The standard InChI is InChI=1S/C18H22N2O4/c1-4-24-15-8-5-12(11(2)21)9-13(15)10-20-16(22)18(3,14-6-7-14)19-17(20)23/h5,8-9,14H,4,6-7,10H2,1-3H3,(H,19,23)/t18-/m1/s1. The molecular formula is C18H22N2O4. The first-order chi connectivity index (χ1) is 11.4. The SMILES string of the molecule is CCOc1ccc(C(C)=O)cc1CN1C(=O)N[C@](C)(C2CC2)C1=O. The fourth-order valence-corrected chi connectivity index (χ4v) is 3.19. The van der Waals surface area contributed by atoms with Crippen LogP contribution < -0.4 is 10.1 Å². The summed E-state index contributed by atoms with van der Waals surface area (Å²) in [7, 11) is 0. The highest BCUT2D eigenvalue weighted by atomic mass is 16.5. The largest absolute Gasteiger partial charge is 0.494 e. The number of carbonyl (C=O) groups is 3. The van der Waals surface area contributed by atoms with E-state index >= 15 is 0 Å². The second kappa shape index (κ2) is 5.92. The zero-order valence-electron chi connectivity index (χ0n) is 14.2. The molecule has 0 unspecified atom stereocenters. The van der Waals surface area contributed by atoms with E-state index in [0.29, 0.717) is 23.5 Å². The molecule has 1 aliphatic heterocycles. The fraction of sp³-hybridized carbons (Fsp3) is 0.500. The summed E-state index contributed by atoms with van der Waals surface area (Å²) in [5.74, 6) is 0.530. The summed E-state index contributed by atoms with van der Waals surface area (Å²) in [5.41, 5.74) is 0.389. The van der Waals surface area contributed by atoms with Crippen molar-refractivity contribution in [2.75, 3.05) is 6.61 Å². The molecule has 0 spiro atoms. The molecule has 0 aromatic heterocycles. The zero-order valence-corrected chi connectivity index (χ0v) is 14.2. The van der Waals surface area contributed by atoms with E-state index in [1.807, 2.05) is 6.92 Å². The first-order valence-corrected chi connectivity index (χ1v) is 8.27. The van der Waals surface area contributed by atoms with Gasteiger partial charge < -0.3 is 10.1 Å². The van der Waals surface area contributed by atoms with Gasteiger partial charge in [-0.1, -0.05) is 0 Å². The number of nitrogens with one attached hydrogen (secondary N) is 1. The third-order valence-electron chi connectivity index (χ3n) is 4.79. The molecule has 0 radical (unpaired) electrons. The average molecular weight is 330 g/mol. The molecule has 1 aromatic carbocycles. The summed E-state index contributed by atoms with van der Waals surface area (Å²) < 4.78 is 5.58. The second-order valence-electron chi connectivity index (χ2n) is 6.61. The molecule has 1 saturated heterocycles. The summed E-state index contributed by atoms with van der Waals surface area (Å²) in [6.07, 6.45) is 1.92. The van der Waals surface area contributed by atoms with E-state index in [9.17, 15) is 14.4 Å². The maximum Gasteiger partial charge on any atom is 0.325 e. The number of benzene rings is 1. The van der Waals surface area contributed by atoms with E-state index in [2.05, 4.69) is 5.32 Å². The molecule has 1 aliphatic carbocycles. The molecule has 1 heterocycles. The molecule has 1 N–H and O–H groups in total. The van der Waals surface area contributed by atoms with Crippen LogP contribution in [-0.2, 0) is 11.3 Å². The van der Waals surface area contributed by atoms with Crippen LogP contribution in [0.1, 0.15) is 49.5 Å². The molecular weight excluding hydrogens is 308 g/mol. The first-order valence-electron chi connectivity index (χ1n) is 8.27. The van der Waals surface area contributed by atoms with Crippen LogP contribution >= 0.6 is 0 Å². The molecule has 2 aliphatic rings. The Morgan fingerprint density at radius 1 is 1.38 bits per heavy atom. The van der Waals surface area contributed by atoms with Gasteiger partial charge in [-0.3, -0.25) is 14.5 Å². The first kappa shape index (κ1) is 16.5. The minimum absolute atomic E-state index is 0.0701. The molecule has 3 amide bonds. The quantitative estimate of drug-likeness (QED) is 0.642. The second-order valence-corrected chi connectivity index (χ2v) is 6.61. The molecule has 2 fully saturated rings. The van der Waals surface area contributed by atoms with Gasteiger partial charge in [0.2, 0.25) is 0 Å². The molecule has 6 heteroatoms. The van der Waals surface area contributed by atoms with Crippen LogP contribution in [0.4, 0.5) is 4.79 Å². The Balaban J connectivity index is 1.89. The Morgan fingerprint density at radius 2 is 2.08 bits per heavy atom. The van der Waals surface area contributed by atoms with Crippen LogP contribution in [0.15, 0.2) is 18.2 Å². The smallest absolute Gasteiger partial charge is 0.325 e. The van der Waals surface area contributed by atoms with Crippen molar-refractivity contribution < 1.29 is 19.1 Å². The van der Waals surface area contributed by atoms with Crippen molar-refractivity contribution >= 4 is 17.7 Å². The van der Waals surface area contributed by atoms with Gasteiger partial charge in [0.25, 0.3) is 5.91 Å². The van der Waals surface area contributed by atoms with Gasteiger partial charge in [-0.05, 0) is 57.7 Å². The van der Waals surface area contributed by atoms with Crippen LogP contribution in [0.25, 0.3) is 0 Å². The third-order valence-corrected chi connectivity index (χ3v) is 4.79. The Bertz CT molecular complexity index is 711. The van der Waals surface area contributed by atoms with Crippen molar-refractivity contribution in [3.05, 3.63) is 29.3 Å². The summed E-state index contributed by atoms with van der Waals surface area (Å²) >= 11 is 0. The van der Waals surface area contributed by atoms with Gasteiger partial charge in [-0.25, -0.2) is 4.79 Å². The van der Waals surface area contributed by atoms with E-state index in [-0.39, 0.29) is 30.2 Å². The van der Waals surface area contributed by atoms with Gasteiger partial charge in [0, 0.05) is 11.1 Å². The lowest BCUT2D eigenvalue weighted by Crippen LogP contribution is -2.46. The van der Waals surface area contributed by atoms with Gasteiger partial charge in [-0.2, -0.15) is 0 Å². The predicted octanol–water partition coefficient (Wildman–Crippen LogP) is 2.51. The minimum atomic E-state index is -0.805. The van der Waals surface area contributed by atoms with Crippen molar-refractivity contribution in [2.45, 2.75) is 45.7 Å². The number of ketones is 1.